The van der Waals surface area contributed by atoms with Crippen LogP contribution in [-0.4, -0.2) is 15.3 Å². The molecule has 5 nitrogen and oxygen atoms in total. The Kier molecular flexibility index (Phi) is 5.09. The van der Waals surface area contributed by atoms with E-state index < -0.39 is 11.9 Å². The van der Waals surface area contributed by atoms with Crippen LogP contribution in [0.4, 0.5) is 30.4 Å². The number of imidazole rings is 1. The van der Waals surface area contributed by atoms with Crippen LogP contribution in [0.25, 0.3) is 5.65 Å². The zero-order chi connectivity index (χ0) is 21.3. The molecule has 0 saturated heterocycles. The van der Waals surface area contributed by atoms with Crippen LogP contribution in [0.15, 0.2) is 72.9 Å². The minimum Gasteiger partial charge on any atom is -0.341 e. The van der Waals surface area contributed by atoms with Crippen LogP contribution in [0.1, 0.15) is 16.1 Å². The number of fused-ring (bicyclic) bond motifs is 1. The van der Waals surface area contributed by atoms with Crippen molar-refractivity contribution in [1.82, 2.24) is 9.38 Å². The van der Waals surface area contributed by atoms with Gasteiger partial charge in [0.2, 0.25) is 0 Å². The average molecular weight is 431 g/mol. The third-order valence-electron chi connectivity index (χ3n) is 4.30. The van der Waals surface area contributed by atoms with Crippen molar-refractivity contribution in [3.8, 4) is 0 Å². The van der Waals surface area contributed by atoms with Gasteiger partial charge in [-0.15, -0.1) is 0 Å². The predicted molar refractivity (Wildman–Crippen MR) is 109 cm³/mol. The molecule has 2 N–H and O–H groups in total. The minimum absolute atomic E-state index is 0.180. The van der Waals surface area contributed by atoms with Crippen LogP contribution in [-0.2, 0) is 6.18 Å². The molecule has 2 aromatic carbocycles. The van der Waals surface area contributed by atoms with Gasteiger partial charge in [-0.3, -0.25) is 9.20 Å². The highest BCUT2D eigenvalue weighted by atomic mass is 35.5. The number of carbonyl (C=O) groups is 1. The summed E-state index contributed by atoms with van der Waals surface area (Å²) in [4.78, 5) is 15.9. The molecule has 0 aliphatic carbocycles. The first kappa shape index (κ1) is 19.8. The Bertz CT molecular complexity index is 1200. The maximum absolute atomic E-state index is 12.9. The van der Waals surface area contributed by atoms with Crippen molar-refractivity contribution in [2.45, 2.75) is 6.18 Å². The van der Waals surface area contributed by atoms with Gasteiger partial charge in [-0.25, -0.2) is 4.98 Å². The third kappa shape index (κ3) is 4.23. The Morgan fingerprint density at radius 3 is 2.27 bits per heavy atom. The maximum Gasteiger partial charge on any atom is 0.434 e. The maximum atomic E-state index is 12.9. The fourth-order valence-corrected chi connectivity index (χ4v) is 2.96. The first-order valence-corrected chi connectivity index (χ1v) is 9.17. The van der Waals surface area contributed by atoms with Crippen molar-refractivity contribution < 1.29 is 18.0 Å². The molecule has 0 fully saturated rings. The summed E-state index contributed by atoms with van der Waals surface area (Å²) in [5.41, 5.74) is 0.889. The summed E-state index contributed by atoms with van der Waals surface area (Å²) in [6.45, 7) is 0. The number of hydrogen-bond donors (Lipinski definition) is 2. The van der Waals surface area contributed by atoms with Gasteiger partial charge in [0.15, 0.2) is 5.69 Å². The Labute approximate surface area is 174 Å². The second-order valence-electron chi connectivity index (χ2n) is 6.43. The number of alkyl halides is 3. The lowest BCUT2D eigenvalue weighted by Gasteiger charge is -2.10. The van der Waals surface area contributed by atoms with Crippen LogP contribution in [0, 0.1) is 0 Å². The molecule has 0 aliphatic heterocycles. The van der Waals surface area contributed by atoms with Crippen molar-refractivity contribution >= 4 is 40.3 Å². The van der Waals surface area contributed by atoms with Gasteiger partial charge in [0.25, 0.3) is 5.91 Å². The van der Waals surface area contributed by atoms with E-state index in [-0.39, 0.29) is 11.6 Å². The normalized spacial score (nSPS) is 11.5. The van der Waals surface area contributed by atoms with Gasteiger partial charge in [0.05, 0.1) is 0 Å². The number of hydrogen-bond acceptors (Lipinski definition) is 3. The van der Waals surface area contributed by atoms with Gasteiger partial charge < -0.3 is 10.6 Å². The van der Waals surface area contributed by atoms with E-state index in [1.54, 1.807) is 60.7 Å². The number of anilines is 3. The third-order valence-corrected chi connectivity index (χ3v) is 4.56. The molecule has 30 heavy (non-hydrogen) atoms. The number of benzene rings is 2. The monoisotopic (exact) mass is 430 g/mol. The highest BCUT2D eigenvalue weighted by Crippen LogP contribution is 2.30. The van der Waals surface area contributed by atoms with Crippen LogP contribution >= 0.6 is 11.6 Å². The van der Waals surface area contributed by atoms with Crippen LogP contribution in [0.5, 0.6) is 0 Å². The molecular weight excluding hydrogens is 417 g/mol. The average Bonchev–Trinajstić information content (AvgIpc) is 3.16. The Morgan fingerprint density at radius 2 is 1.60 bits per heavy atom. The molecule has 0 atom stereocenters. The summed E-state index contributed by atoms with van der Waals surface area (Å²) in [7, 11) is 0. The van der Waals surface area contributed by atoms with Crippen LogP contribution in [0.2, 0.25) is 5.02 Å². The Balaban J connectivity index is 1.50. The van der Waals surface area contributed by atoms with E-state index in [9.17, 15) is 18.0 Å². The molecule has 152 valence electrons. The number of nitrogens with one attached hydrogen (secondary N) is 2. The molecule has 1 amide bonds. The second-order valence-corrected chi connectivity index (χ2v) is 6.86. The van der Waals surface area contributed by atoms with E-state index in [2.05, 4.69) is 15.6 Å². The van der Waals surface area contributed by atoms with Gasteiger partial charge >= 0.3 is 6.18 Å². The van der Waals surface area contributed by atoms with Crippen molar-refractivity contribution in [3.05, 3.63) is 89.2 Å². The van der Waals surface area contributed by atoms with Crippen molar-refractivity contribution in [2.75, 3.05) is 10.6 Å². The smallest absolute Gasteiger partial charge is 0.341 e. The molecule has 0 radical (unpaired) electrons. The molecule has 9 heteroatoms. The van der Waals surface area contributed by atoms with Crippen LogP contribution in [0.3, 0.4) is 0 Å². The lowest BCUT2D eigenvalue weighted by molar-refractivity contribution is -0.140. The molecule has 0 spiro atoms. The summed E-state index contributed by atoms with van der Waals surface area (Å²) >= 11 is 5.82. The molecule has 2 heterocycles. The summed E-state index contributed by atoms with van der Waals surface area (Å²) in [5.74, 6) is 0.142. The zero-order valence-electron chi connectivity index (χ0n) is 15.2. The van der Waals surface area contributed by atoms with Crippen LogP contribution < -0.4 is 10.6 Å². The van der Waals surface area contributed by atoms with Crippen molar-refractivity contribution in [1.29, 1.82) is 0 Å². The van der Waals surface area contributed by atoms with E-state index in [0.29, 0.717) is 27.8 Å². The van der Waals surface area contributed by atoms with E-state index in [4.69, 9.17) is 11.6 Å². The quantitative estimate of drug-likeness (QED) is 0.417. The first-order valence-electron chi connectivity index (χ1n) is 8.79. The van der Waals surface area contributed by atoms with Crippen molar-refractivity contribution in [2.24, 2.45) is 0 Å². The zero-order valence-corrected chi connectivity index (χ0v) is 16.0. The summed E-state index contributed by atoms with van der Waals surface area (Å²) < 4.78 is 40.1. The van der Waals surface area contributed by atoms with Gasteiger partial charge in [0.1, 0.15) is 11.5 Å². The standard InChI is InChI=1S/C21H14ClF3N4O/c22-14-6-4-13(5-7-14)20(30)27-16-10-8-15(9-11-16)26-18-2-1-3-19-28-17(12-29(18)19)21(23,24)25/h1-12,26H,(H,27,30). The number of carbonyl (C=O) groups excluding carboxylic acids is 1. The fraction of sp³-hybridized carbons (Fsp3) is 0.0476. The first-order chi connectivity index (χ1) is 14.3. The SMILES string of the molecule is O=C(Nc1ccc(Nc2cccc3nc(C(F)(F)F)cn23)cc1)c1ccc(Cl)cc1. The lowest BCUT2D eigenvalue weighted by Crippen LogP contribution is -2.11. The summed E-state index contributed by atoms with van der Waals surface area (Å²) in [6, 6.07) is 18.0. The number of aromatic nitrogens is 2. The number of amides is 1. The molecule has 0 bridgehead atoms. The molecule has 0 saturated carbocycles. The molecule has 4 aromatic rings. The second kappa shape index (κ2) is 7.72. The summed E-state index contributed by atoms with van der Waals surface area (Å²) in [6.07, 6.45) is -3.58. The van der Waals surface area contributed by atoms with E-state index in [0.717, 1.165) is 6.20 Å². The van der Waals surface area contributed by atoms with E-state index in [1.807, 2.05) is 0 Å². The highest BCUT2D eigenvalue weighted by Gasteiger charge is 2.34. The molecule has 0 unspecified atom stereocenters. The Hall–Kier alpha value is -3.52. The summed E-state index contributed by atoms with van der Waals surface area (Å²) in [5, 5.41) is 6.37. The number of rotatable bonds is 4. The lowest BCUT2D eigenvalue weighted by atomic mass is 10.2. The Morgan fingerprint density at radius 1 is 0.933 bits per heavy atom. The van der Waals surface area contributed by atoms with Gasteiger partial charge in [-0.1, -0.05) is 17.7 Å². The van der Waals surface area contributed by atoms with Gasteiger partial charge in [-0.05, 0) is 60.7 Å². The van der Waals surface area contributed by atoms with Gasteiger partial charge in [0, 0.05) is 28.2 Å². The molecule has 4 rings (SSSR count). The number of nitrogens with zero attached hydrogens (tertiary/aromatic N) is 2. The van der Waals surface area contributed by atoms with E-state index in [1.165, 1.54) is 10.5 Å². The van der Waals surface area contributed by atoms with Crippen molar-refractivity contribution in [3.63, 3.8) is 0 Å². The van der Waals surface area contributed by atoms with E-state index >= 15 is 0 Å². The molecule has 2 aromatic heterocycles. The predicted octanol–water partition coefficient (Wildman–Crippen LogP) is 6.00. The molecule has 0 aliphatic rings. The van der Waals surface area contributed by atoms with Gasteiger partial charge in [-0.2, -0.15) is 13.2 Å². The largest absolute Gasteiger partial charge is 0.434 e. The molecular formula is C21H14ClF3N4O. The minimum atomic E-state index is -4.52. The topological polar surface area (TPSA) is 58.4 Å². The number of halogens is 4. The highest BCUT2D eigenvalue weighted by molar-refractivity contribution is 6.30. The number of pyridine rings is 1. The fourth-order valence-electron chi connectivity index (χ4n) is 2.84.